The number of carbonyl (C=O) groups is 1. The third kappa shape index (κ3) is 1.44. The lowest BCUT2D eigenvalue weighted by Crippen LogP contribution is -1.81. The summed E-state index contributed by atoms with van der Waals surface area (Å²) >= 11 is 4.86. The predicted octanol–water partition coefficient (Wildman–Crippen LogP) is 3.31. The number of rotatable bonds is 2. The molecule has 0 aliphatic rings. The molecule has 2 nitrogen and oxygen atoms in total. The number of carbonyl (C=O) groups excluding carboxylic acids is 1. The fourth-order valence-corrected chi connectivity index (χ4v) is 3.09. The molecule has 0 unspecified atom stereocenters. The second kappa shape index (κ2) is 3.71. The summed E-state index contributed by atoms with van der Waals surface area (Å²) in [6, 6.07) is 5.05. The van der Waals surface area contributed by atoms with Gasteiger partial charge in [0.05, 0.1) is 0 Å². The van der Waals surface area contributed by atoms with E-state index in [9.17, 15) is 9.90 Å². The van der Waals surface area contributed by atoms with Gasteiger partial charge in [-0.2, -0.15) is 0 Å². The molecular weight excluding hydrogens is 264 g/mol. The van der Waals surface area contributed by atoms with Gasteiger partial charge in [0.25, 0.3) is 0 Å². The van der Waals surface area contributed by atoms with Crippen molar-refractivity contribution in [1.29, 1.82) is 0 Å². The molecule has 4 heteroatoms. The third-order valence-electron chi connectivity index (χ3n) is 2.03. The van der Waals surface area contributed by atoms with Crippen LogP contribution in [0, 0.1) is 0 Å². The quantitative estimate of drug-likeness (QED) is 0.672. The lowest BCUT2D eigenvalue weighted by molar-refractivity contribution is 0.112. The molecule has 2 rings (SSSR count). The van der Waals surface area contributed by atoms with Crippen LogP contribution in [-0.2, 0) is 5.33 Å². The zero-order valence-electron chi connectivity index (χ0n) is 7.16. The van der Waals surface area contributed by atoms with Crippen molar-refractivity contribution in [2.24, 2.45) is 0 Å². The number of phenols is 1. The van der Waals surface area contributed by atoms with Crippen molar-refractivity contribution >= 4 is 43.6 Å². The zero-order chi connectivity index (χ0) is 10.1. The number of hydrogen-bond acceptors (Lipinski definition) is 3. The van der Waals surface area contributed by atoms with E-state index in [0.717, 1.165) is 26.8 Å². The molecule has 1 aromatic heterocycles. The molecule has 0 spiro atoms. The molecule has 2 aromatic rings. The Morgan fingerprint density at radius 3 is 2.93 bits per heavy atom. The van der Waals surface area contributed by atoms with Gasteiger partial charge in [-0.05, 0) is 18.2 Å². The number of phenolic OH excluding ortho intramolecular Hbond substituents is 1. The van der Waals surface area contributed by atoms with E-state index in [2.05, 4.69) is 15.9 Å². The van der Waals surface area contributed by atoms with Gasteiger partial charge in [-0.15, -0.1) is 11.3 Å². The van der Waals surface area contributed by atoms with Crippen molar-refractivity contribution in [1.82, 2.24) is 0 Å². The fourth-order valence-electron chi connectivity index (χ4n) is 1.38. The molecule has 0 radical (unpaired) electrons. The molecule has 1 N–H and O–H groups in total. The van der Waals surface area contributed by atoms with Crippen LogP contribution in [0.5, 0.6) is 5.75 Å². The van der Waals surface area contributed by atoms with Crippen LogP contribution in [0.2, 0.25) is 0 Å². The number of alkyl halides is 1. The van der Waals surface area contributed by atoms with Crippen molar-refractivity contribution in [2.75, 3.05) is 0 Å². The number of aldehydes is 1. The maximum atomic E-state index is 10.9. The van der Waals surface area contributed by atoms with E-state index in [4.69, 9.17) is 0 Å². The molecule has 1 aromatic carbocycles. The van der Waals surface area contributed by atoms with E-state index in [1.165, 1.54) is 11.3 Å². The maximum Gasteiger partial charge on any atom is 0.151 e. The minimum Gasteiger partial charge on any atom is -0.508 e. The first kappa shape index (κ1) is 9.68. The predicted molar refractivity (Wildman–Crippen MR) is 61.5 cm³/mol. The van der Waals surface area contributed by atoms with Crippen LogP contribution in [0.3, 0.4) is 0 Å². The average molecular weight is 271 g/mol. The highest BCUT2D eigenvalue weighted by Crippen LogP contribution is 2.33. The van der Waals surface area contributed by atoms with Crippen LogP contribution >= 0.6 is 27.3 Å². The van der Waals surface area contributed by atoms with Crippen LogP contribution in [0.15, 0.2) is 18.2 Å². The Morgan fingerprint density at radius 1 is 1.50 bits per heavy atom. The molecule has 0 amide bonds. The van der Waals surface area contributed by atoms with E-state index in [1.807, 2.05) is 0 Å². The van der Waals surface area contributed by atoms with Crippen LogP contribution in [0.25, 0.3) is 10.1 Å². The summed E-state index contributed by atoms with van der Waals surface area (Å²) in [6.07, 6.45) is 0.868. The number of thiophene rings is 1. The van der Waals surface area contributed by atoms with E-state index in [-0.39, 0.29) is 5.75 Å². The summed E-state index contributed by atoms with van der Waals surface area (Å²) in [6.45, 7) is 0. The van der Waals surface area contributed by atoms with Gasteiger partial charge >= 0.3 is 0 Å². The van der Waals surface area contributed by atoms with Crippen LogP contribution in [0.1, 0.15) is 15.2 Å². The van der Waals surface area contributed by atoms with Gasteiger partial charge in [-0.3, -0.25) is 4.79 Å². The average Bonchev–Trinajstić information content (AvgIpc) is 2.54. The minimum absolute atomic E-state index is 0.234. The lowest BCUT2D eigenvalue weighted by Gasteiger charge is -1.92. The van der Waals surface area contributed by atoms with Gasteiger partial charge in [0.2, 0.25) is 0 Å². The highest BCUT2D eigenvalue weighted by molar-refractivity contribution is 9.08. The zero-order valence-corrected chi connectivity index (χ0v) is 9.56. The van der Waals surface area contributed by atoms with Gasteiger partial charge in [-0.1, -0.05) is 15.9 Å². The summed E-state index contributed by atoms with van der Waals surface area (Å²) in [5.41, 5.74) is 0.724. The molecule has 0 aliphatic carbocycles. The number of aromatic hydroxyl groups is 1. The van der Waals surface area contributed by atoms with Crippen molar-refractivity contribution in [3.63, 3.8) is 0 Å². The molecule has 0 saturated carbocycles. The van der Waals surface area contributed by atoms with Crippen molar-refractivity contribution in [3.8, 4) is 5.75 Å². The van der Waals surface area contributed by atoms with Gasteiger partial charge in [0, 0.05) is 25.9 Å². The Hall–Kier alpha value is -0.870. The first-order valence-corrected chi connectivity index (χ1v) is 5.95. The second-order valence-corrected chi connectivity index (χ2v) is 4.57. The summed E-state index contributed by atoms with van der Waals surface area (Å²) in [5, 5.41) is 10.9. The Kier molecular flexibility index (Phi) is 2.56. The third-order valence-corrected chi connectivity index (χ3v) is 4.13. The van der Waals surface area contributed by atoms with Crippen molar-refractivity contribution < 1.29 is 9.90 Å². The Balaban J connectivity index is 2.79. The van der Waals surface area contributed by atoms with E-state index >= 15 is 0 Å². The second-order valence-electron chi connectivity index (χ2n) is 2.87. The number of benzene rings is 1. The van der Waals surface area contributed by atoms with Gasteiger partial charge in [-0.25, -0.2) is 0 Å². The highest BCUT2D eigenvalue weighted by Gasteiger charge is 2.10. The smallest absolute Gasteiger partial charge is 0.151 e. The molecule has 0 bridgehead atoms. The summed E-state index contributed by atoms with van der Waals surface area (Å²) in [7, 11) is 0. The first-order valence-electron chi connectivity index (χ1n) is 4.02. The number of halogens is 1. The van der Waals surface area contributed by atoms with E-state index in [0.29, 0.717) is 5.33 Å². The van der Waals surface area contributed by atoms with Crippen LogP contribution < -0.4 is 0 Å². The van der Waals surface area contributed by atoms with Gasteiger partial charge in [0.1, 0.15) is 5.75 Å². The monoisotopic (exact) mass is 270 g/mol. The van der Waals surface area contributed by atoms with Gasteiger partial charge in [0.15, 0.2) is 6.29 Å². The molecule has 0 saturated heterocycles. The first-order chi connectivity index (χ1) is 6.76. The Bertz CT molecular complexity index is 490. The summed E-state index contributed by atoms with van der Waals surface area (Å²) < 4.78 is 0.946. The normalized spacial score (nSPS) is 10.6. The summed E-state index contributed by atoms with van der Waals surface area (Å²) in [5.74, 6) is 0.234. The van der Waals surface area contributed by atoms with Gasteiger partial charge < -0.3 is 5.11 Å². The minimum atomic E-state index is 0.234. The van der Waals surface area contributed by atoms with Crippen molar-refractivity contribution in [2.45, 2.75) is 5.33 Å². The summed E-state index contributed by atoms with van der Waals surface area (Å²) in [4.78, 5) is 11.9. The van der Waals surface area contributed by atoms with Crippen molar-refractivity contribution in [3.05, 3.63) is 28.6 Å². The molecule has 0 atom stereocenters. The van der Waals surface area contributed by atoms with E-state index < -0.39 is 0 Å². The standard InChI is InChI=1S/C10H7BrO2S/c11-4-10-8(5-12)7-2-1-6(13)3-9(7)14-10/h1-3,5,13H,4H2. The number of fused-ring (bicyclic) bond motifs is 1. The fraction of sp³-hybridized carbons (Fsp3) is 0.100. The topological polar surface area (TPSA) is 37.3 Å². The Morgan fingerprint density at radius 2 is 2.29 bits per heavy atom. The van der Waals surface area contributed by atoms with E-state index in [1.54, 1.807) is 18.2 Å². The maximum absolute atomic E-state index is 10.9. The van der Waals surface area contributed by atoms with Crippen LogP contribution in [-0.4, -0.2) is 11.4 Å². The molecule has 14 heavy (non-hydrogen) atoms. The molecule has 1 heterocycles. The SMILES string of the molecule is O=Cc1c(CBr)sc2cc(O)ccc12. The highest BCUT2D eigenvalue weighted by atomic mass is 79.9. The Labute approximate surface area is 93.3 Å². The molecule has 0 aliphatic heterocycles. The largest absolute Gasteiger partial charge is 0.508 e. The molecule has 72 valence electrons. The number of hydrogen-bond donors (Lipinski definition) is 1. The molecular formula is C10H7BrO2S. The lowest BCUT2D eigenvalue weighted by atomic mass is 10.1. The van der Waals surface area contributed by atoms with Crippen LogP contribution in [0.4, 0.5) is 0 Å². The molecule has 0 fully saturated rings.